The second-order valence-corrected chi connectivity index (χ2v) is 6.61. The van der Waals surface area contributed by atoms with Crippen LogP contribution in [-0.4, -0.2) is 38.1 Å². The van der Waals surface area contributed by atoms with E-state index in [1.54, 1.807) is 6.07 Å². The maximum atomic E-state index is 11.3. The maximum absolute atomic E-state index is 11.3. The highest BCUT2D eigenvalue weighted by molar-refractivity contribution is 5.97. The third-order valence-electron chi connectivity index (χ3n) is 5.04. The summed E-state index contributed by atoms with van der Waals surface area (Å²) in [5, 5.41) is 11.3. The van der Waals surface area contributed by atoms with Gasteiger partial charge in [-0.05, 0) is 18.9 Å². The molecule has 0 N–H and O–H groups in total. The maximum Gasteiger partial charge on any atom is 0.481 e. The van der Waals surface area contributed by atoms with Crippen LogP contribution in [0.25, 0.3) is 0 Å². The number of hydrogen-bond acceptors (Lipinski definition) is 2. The monoisotopic (exact) mass is 257 g/mol. The van der Waals surface area contributed by atoms with Gasteiger partial charge >= 0.3 is 7.98 Å². The zero-order valence-corrected chi connectivity index (χ0v) is 10.9. The number of hydrogen-bond donors (Lipinski definition) is 0. The minimum absolute atomic E-state index is 0.244. The second kappa shape index (κ2) is 3.89. The third kappa shape index (κ3) is 1.91. The Morgan fingerprint density at radius 3 is 2.63 bits per heavy atom. The molecule has 1 saturated carbocycles. The third-order valence-corrected chi connectivity index (χ3v) is 5.04. The summed E-state index contributed by atoms with van der Waals surface area (Å²) in [4.78, 5) is 0. The topological polar surface area (TPSA) is 36.2 Å². The molecule has 98 valence electrons. The second-order valence-electron chi connectivity index (χ2n) is 6.61. The lowest BCUT2D eigenvalue weighted by atomic mass is 9.63. The lowest BCUT2D eigenvalue weighted by Gasteiger charge is -2.59. The van der Waals surface area contributed by atoms with Crippen LogP contribution in [0, 0.1) is 23.0 Å². The van der Waals surface area contributed by atoms with Crippen molar-refractivity contribution in [2.24, 2.45) is 17.8 Å². The molecule has 4 aliphatic rings. The SMILES string of the molecule is [B][N+]12CC3CC(C1)C(Oc1ccc[n+]([O-])c1)C(C3)C2. The molecule has 0 amide bonds. The molecule has 4 bridgehead atoms. The molecule has 0 aromatic carbocycles. The van der Waals surface area contributed by atoms with Crippen molar-refractivity contribution in [3.63, 3.8) is 0 Å². The van der Waals surface area contributed by atoms with E-state index in [-0.39, 0.29) is 6.10 Å². The van der Waals surface area contributed by atoms with Crippen molar-refractivity contribution >= 4 is 7.98 Å². The molecule has 5 heteroatoms. The van der Waals surface area contributed by atoms with Crippen molar-refractivity contribution in [3.05, 3.63) is 29.7 Å². The molecule has 4 fully saturated rings. The predicted molar refractivity (Wildman–Crippen MR) is 70.1 cm³/mol. The van der Waals surface area contributed by atoms with Crippen LogP contribution in [0.15, 0.2) is 24.5 Å². The molecular formula is C14H18BN2O2+. The van der Waals surface area contributed by atoms with Gasteiger partial charge in [0.15, 0.2) is 11.9 Å². The van der Waals surface area contributed by atoms with Crippen molar-refractivity contribution in [1.29, 1.82) is 0 Å². The standard InChI is InChI=1S/C14H18BN2O2/c15-17-7-10-4-11(8-17)14(12(5-10)9-17)19-13-2-1-3-16(18)6-13/h1-3,6,10-12,14H,4-5,7-9H2/q+1. The molecule has 3 aliphatic heterocycles. The van der Waals surface area contributed by atoms with Crippen molar-refractivity contribution < 1.29 is 13.9 Å². The van der Waals surface area contributed by atoms with Gasteiger partial charge < -0.3 is 14.3 Å². The van der Waals surface area contributed by atoms with Crippen LogP contribution in [0.1, 0.15) is 12.8 Å². The van der Waals surface area contributed by atoms with Crippen molar-refractivity contribution in [3.8, 4) is 5.75 Å². The van der Waals surface area contributed by atoms with Gasteiger partial charge in [0.1, 0.15) is 6.10 Å². The largest absolute Gasteiger partial charge is 0.619 e. The molecule has 2 radical (unpaired) electrons. The van der Waals surface area contributed by atoms with Gasteiger partial charge in [-0.15, -0.1) is 0 Å². The van der Waals surface area contributed by atoms with Crippen LogP contribution in [-0.2, 0) is 0 Å². The van der Waals surface area contributed by atoms with Gasteiger partial charge in [-0.1, -0.05) is 0 Å². The van der Waals surface area contributed by atoms with Gasteiger partial charge in [0, 0.05) is 23.8 Å². The lowest BCUT2D eigenvalue weighted by Crippen LogP contribution is -2.70. The first-order valence-corrected chi connectivity index (χ1v) is 7.11. The fourth-order valence-corrected chi connectivity index (χ4v) is 4.64. The number of pyridine rings is 1. The van der Waals surface area contributed by atoms with E-state index >= 15 is 0 Å². The number of ether oxygens (including phenoxy) is 1. The Labute approximate surface area is 114 Å². The highest BCUT2D eigenvalue weighted by Gasteiger charge is 2.55. The quantitative estimate of drug-likeness (QED) is 0.443. The number of aromatic nitrogens is 1. The molecule has 3 saturated heterocycles. The predicted octanol–water partition coefficient (Wildman–Crippen LogP) is 0.637. The van der Waals surface area contributed by atoms with Crippen LogP contribution >= 0.6 is 0 Å². The molecule has 1 aromatic heterocycles. The molecule has 2 unspecified atom stereocenters. The van der Waals surface area contributed by atoms with Gasteiger partial charge in [-0.25, -0.2) is 0 Å². The Balaban J connectivity index is 1.57. The molecule has 0 spiro atoms. The van der Waals surface area contributed by atoms with E-state index in [4.69, 9.17) is 12.7 Å². The Hall–Kier alpha value is -1.23. The van der Waals surface area contributed by atoms with E-state index in [0.29, 0.717) is 17.6 Å². The van der Waals surface area contributed by atoms with Gasteiger partial charge in [0.2, 0.25) is 6.20 Å². The normalized spacial score (nSPS) is 43.4. The van der Waals surface area contributed by atoms with E-state index in [2.05, 4.69) is 0 Å². The van der Waals surface area contributed by atoms with E-state index in [1.165, 1.54) is 25.2 Å². The van der Waals surface area contributed by atoms with E-state index < -0.39 is 0 Å². The van der Waals surface area contributed by atoms with Gasteiger partial charge in [0.25, 0.3) is 0 Å². The minimum atomic E-state index is 0.244. The first-order valence-electron chi connectivity index (χ1n) is 7.11. The van der Waals surface area contributed by atoms with Crippen LogP contribution in [0.5, 0.6) is 5.75 Å². The number of piperidine rings is 3. The van der Waals surface area contributed by atoms with E-state index in [9.17, 15) is 5.21 Å². The van der Waals surface area contributed by atoms with Gasteiger partial charge in [-0.3, -0.25) is 0 Å². The molecule has 1 aliphatic carbocycles. The summed E-state index contributed by atoms with van der Waals surface area (Å²) < 4.78 is 7.67. The van der Waals surface area contributed by atoms with Crippen molar-refractivity contribution in [2.45, 2.75) is 18.9 Å². The van der Waals surface area contributed by atoms with E-state index in [1.807, 2.05) is 6.07 Å². The molecule has 4 nitrogen and oxygen atoms in total. The van der Waals surface area contributed by atoms with E-state index in [0.717, 1.165) is 34.7 Å². The molecule has 2 atom stereocenters. The molecule has 1 aromatic rings. The Morgan fingerprint density at radius 2 is 2.00 bits per heavy atom. The summed E-state index contributed by atoms with van der Waals surface area (Å²) in [6, 6.07) is 3.60. The minimum Gasteiger partial charge on any atom is -0.619 e. The van der Waals surface area contributed by atoms with Crippen molar-refractivity contribution in [1.82, 2.24) is 0 Å². The molecule has 4 heterocycles. The Morgan fingerprint density at radius 1 is 1.26 bits per heavy atom. The highest BCUT2D eigenvalue weighted by atomic mass is 16.5. The first-order chi connectivity index (χ1) is 9.11. The van der Waals surface area contributed by atoms with Crippen LogP contribution in [0.3, 0.4) is 0 Å². The van der Waals surface area contributed by atoms with Gasteiger partial charge in [-0.2, -0.15) is 4.73 Å². The Kier molecular flexibility index (Phi) is 2.37. The summed E-state index contributed by atoms with van der Waals surface area (Å²) >= 11 is 0. The summed E-state index contributed by atoms with van der Waals surface area (Å²) in [6.45, 7) is 3.20. The average molecular weight is 257 g/mol. The fraction of sp³-hybridized carbons (Fsp3) is 0.643. The van der Waals surface area contributed by atoms with Crippen LogP contribution in [0.2, 0.25) is 0 Å². The average Bonchev–Trinajstić information content (AvgIpc) is 2.32. The fourth-order valence-electron chi connectivity index (χ4n) is 4.64. The smallest absolute Gasteiger partial charge is 0.481 e. The van der Waals surface area contributed by atoms with Crippen LogP contribution in [0.4, 0.5) is 0 Å². The zero-order valence-electron chi connectivity index (χ0n) is 10.9. The van der Waals surface area contributed by atoms with Crippen LogP contribution < -0.4 is 9.47 Å². The number of quaternary nitrogens is 1. The van der Waals surface area contributed by atoms with Gasteiger partial charge in [0.05, 0.1) is 19.6 Å². The number of nitrogens with zero attached hydrogens (tertiary/aromatic N) is 2. The summed E-state index contributed by atoms with van der Waals surface area (Å²) in [5.74, 6) is 2.57. The lowest BCUT2D eigenvalue weighted by molar-refractivity contribution is -0.852. The highest BCUT2D eigenvalue weighted by Crippen LogP contribution is 2.47. The molecular weight excluding hydrogens is 239 g/mol. The Bertz CT molecular complexity index is 494. The molecule has 5 rings (SSSR count). The molecule has 19 heavy (non-hydrogen) atoms. The first kappa shape index (κ1) is 11.6. The zero-order chi connectivity index (χ0) is 13.0. The summed E-state index contributed by atoms with van der Waals surface area (Å²) in [6.07, 6.45) is 5.72. The summed E-state index contributed by atoms with van der Waals surface area (Å²) in [7, 11) is 6.43. The number of rotatable bonds is 2. The van der Waals surface area contributed by atoms with Crippen molar-refractivity contribution in [2.75, 3.05) is 19.6 Å². The summed E-state index contributed by atoms with van der Waals surface area (Å²) in [5.41, 5.74) is 0.